The van der Waals surface area contributed by atoms with Crippen molar-refractivity contribution < 1.29 is 19.5 Å². The number of carboxylic acids is 1. The van der Waals surface area contributed by atoms with E-state index in [9.17, 15) is 14.4 Å². The number of rotatable bonds is 5. The van der Waals surface area contributed by atoms with Crippen LogP contribution < -0.4 is 0 Å². The van der Waals surface area contributed by atoms with Crippen molar-refractivity contribution in [2.24, 2.45) is 5.92 Å². The first-order valence-corrected chi connectivity index (χ1v) is 7.96. The van der Waals surface area contributed by atoms with Gasteiger partial charge >= 0.3 is 12.0 Å². The molecule has 1 spiro atoms. The van der Waals surface area contributed by atoms with Gasteiger partial charge in [-0.2, -0.15) is 12.6 Å². The summed E-state index contributed by atoms with van der Waals surface area (Å²) < 4.78 is 0. The molecule has 1 saturated carbocycles. The van der Waals surface area contributed by atoms with E-state index in [1.807, 2.05) is 13.8 Å². The smallest absolute Gasteiger partial charge is 0.328 e. The average Bonchev–Trinajstić information content (AvgIpc) is 2.95. The molecule has 7 heteroatoms. The average molecular weight is 314 g/mol. The van der Waals surface area contributed by atoms with Crippen LogP contribution in [-0.4, -0.2) is 56.7 Å². The number of urea groups is 1. The van der Waals surface area contributed by atoms with Crippen LogP contribution in [0.3, 0.4) is 0 Å². The Hall–Kier alpha value is -1.24. The molecule has 2 aliphatic rings. The molecule has 1 atom stereocenters. The molecule has 21 heavy (non-hydrogen) atoms. The Balaban J connectivity index is 2.40. The first kappa shape index (κ1) is 16.1. The number of amides is 3. The van der Waals surface area contributed by atoms with Gasteiger partial charge in [0.05, 0.1) is 6.04 Å². The second-order valence-corrected chi connectivity index (χ2v) is 6.54. The van der Waals surface area contributed by atoms with Crippen molar-refractivity contribution in [1.29, 1.82) is 0 Å². The van der Waals surface area contributed by atoms with E-state index in [4.69, 9.17) is 5.11 Å². The van der Waals surface area contributed by atoms with Crippen molar-refractivity contribution in [3.63, 3.8) is 0 Å². The van der Waals surface area contributed by atoms with Gasteiger partial charge in [0.15, 0.2) is 0 Å². The molecule has 0 aromatic rings. The highest BCUT2D eigenvalue weighted by atomic mass is 32.1. The zero-order valence-corrected chi connectivity index (χ0v) is 13.3. The standard InChI is InChI=1S/C14H22N2O4S/c1-9(2)10(8-21)16-12(19)14(5-3-4-6-14)15(13(16)20)7-11(17)18/h9-10,21H,3-8H2,1-2H3,(H,17,18). The summed E-state index contributed by atoms with van der Waals surface area (Å²) in [5, 5.41) is 9.07. The summed E-state index contributed by atoms with van der Waals surface area (Å²) in [6.07, 6.45) is 2.80. The molecule has 1 saturated heterocycles. The molecule has 0 bridgehead atoms. The number of thiol groups is 1. The van der Waals surface area contributed by atoms with Gasteiger partial charge in [0.1, 0.15) is 12.1 Å². The molecule has 1 unspecified atom stereocenters. The number of nitrogens with zero attached hydrogens (tertiary/aromatic N) is 2. The topological polar surface area (TPSA) is 77.9 Å². The van der Waals surface area contributed by atoms with E-state index in [-0.39, 0.29) is 17.9 Å². The maximum Gasteiger partial charge on any atom is 0.328 e. The van der Waals surface area contributed by atoms with Crippen LogP contribution in [0, 0.1) is 5.92 Å². The van der Waals surface area contributed by atoms with Crippen molar-refractivity contribution in [2.45, 2.75) is 51.1 Å². The largest absolute Gasteiger partial charge is 0.480 e. The Morgan fingerprint density at radius 3 is 2.33 bits per heavy atom. The van der Waals surface area contributed by atoms with E-state index in [1.54, 1.807) is 0 Å². The molecule has 1 heterocycles. The molecule has 2 rings (SSSR count). The van der Waals surface area contributed by atoms with Crippen LogP contribution in [0.15, 0.2) is 0 Å². The van der Waals surface area contributed by atoms with Gasteiger partial charge in [0.2, 0.25) is 0 Å². The monoisotopic (exact) mass is 314 g/mol. The molecule has 0 aromatic carbocycles. The Labute approximate surface area is 129 Å². The quantitative estimate of drug-likeness (QED) is 0.597. The van der Waals surface area contributed by atoms with Crippen molar-refractivity contribution in [1.82, 2.24) is 9.80 Å². The molecular formula is C14H22N2O4S. The number of aliphatic carboxylic acids is 1. The number of carboxylic acid groups (broad SMARTS) is 1. The molecule has 6 nitrogen and oxygen atoms in total. The first-order valence-electron chi connectivity index (χ1n) is 7.33. The third-order valence-electron chi connectivity index (χ3n) is 4.58. The fourth-order valence-corrected chi connectivity index (χ4v) is 4.01. The van der Waals surface area contributed by atoms with E-state index in [1.165, 1.54) is 9.80 Å². The first-order chi connectivity index (χ1) is 9.85. The van der Waals surface area contributed by atoms with Crippen molar-refractivity contribution in [3.05, 3.63) is 0 Å². The number of carbonyl (C=O) groups excluding carboxylic acids is 2. The summed E-state index contributed by atoms with van der Waals surface area (Å²) in [7, 11) is 0. The van der Waals surface area contributed by atoms with Gasteiger partial charge in [-0.25, -0.2) is 4.79 Å². The van der Waals surface area contributed by atoms with E-state index in [0.717, 1.165) is 12.8 Å². The lowest BCUT2D eigenvalue weighted by atomic mass is 9.94. The van der Waals surface area contributed by atoms with Crippen molar-refractivity contribution >= 4 is 30.5 Å². The van der Waals surface area contributed by atoms with Crippen LogP contribution >= 0.6 is 12.6 Å². The highest BCUT2D eigenvalue weighted by Gasteiger charge is 2.60. The lowest BCUT2D eigenvalue weighted by molar-refractivity contribution is -0.140. The second kappa shape index (κ2) is 5.87. The molecular weight excluding hydrogens is 292 g/mol. The van der Waals surface area contributed by atoms with Gasteiger partial charge < -0.3 is 5.11 Å². The molecule has 118 valence electrons. The molecule has 1 aliphatic heterocycles. The zero-order chi connectivity index (χ0) is 15.8. The Kier molecular flexibility index (Phi) is 4.51. The maximum absolute atomic E-state index is 12.9. The van der Waals surface area contributed by atoms with Crippen LogP contribution in [0.4, 0.5) is 4.79 Å². The Bertz CT molecular complexity index is 460. The van der Waals surface area contributed by atoms with Gasteiger partial charge in [0, 0.05) is 5.75 Å². The molecule has 3 amide bonds. The molecule has 1 aliphatic carbocycles. The number of hydrogen-bond donors (Lipinski definition) is 2. The van der Waals surface area contributed by atoms with Crippen LogP contribution in [0.25, 0.3) is 0 Å². The van der Waals surface area contributed by atoms with E-state index in [0.29, 0.717) is 18.6 Å². The predicted molar refractivity (Wildman–Crippen MR) is 80.3 cm³/mol. The van der Waals surface area contributed by atoms with Crippen molar-refractivity contribution in [2.75, 3.05) is 12.3 Å². The third-order valence-corrected chi connectivity index (χ3v) is 4.96. The molecule has 2 fully saturated rings. The van der Waals surface area contributed by atoms with Gasteiger partial charge in [-0.3, -0.25) is 19.4 Å². The third kappa shape index (κ3) is 2.52. The van der Waals surface area contributed by atoms with E-state index < -0.39 is 24.1 Å². The number of carbonyl (C=O) groups is 3. The fourth-order valence-electron chi connectivity index (χ4n) is 3.42. The SMILES string of the molecule is CC(C)C(CS)N1C(=O)N(CC(=O)O)C2(CCCC2)C1=O. The van der Waals surface area contributed by atoms with Crippen LogP contribution in [0.2, 0.25) is 0 Å². The molecule has 0 radical (unpaired) electrons. The van der Waals surface area contributed by atoms with Crippen LogP contribution in [0.5, 0.6) is 0 Å². The number of imide groups is 1. The van der Waals surface area contributed by atoms with E-state index >= 15 is 0 Å². The molecule has 0 aromatic heterocycles. The highest BCUT2D eigenvalue weighted by molar-refractivity contribution is 7.80. The summed E-state index contributed by atoms with van der Waals surface area (Å²) in [5.41, 5.74) is -0.939. The van der Waals surface area contributed by atoms with Gasteiger partial charge in [-0.15, -0.1) is 0 Å². The number of hydrogen-bond acceptors (Lipinski definition) is 4. The molecule has 1 N–H and O–H groups in total. The predicted octanol–water partition coefficient (Wildman–Crippen LogP) is 1.60. The van der Waals surface area contributed by atoms with Crippen LogP contribution in [-0.2, 0) is 9.59 Å². The van der Waals surface area contributed by atoms with Gasteiger partial charge in [-0.05, 0) is 18.8 Å². The summed E-state index contributed by atoms with van der Waals surface area (Å²) in [6, 6.07) is -0.776. The zero-order valence-electron chi connectivity index (χ0n) is 12.4. The second-order valence-electron chi connectivity index (χ2n) is 6.17. The van der Waals surface area contributed by atoms with Crippen LogP contribution in [0.1, 0.15) is 39.5 Å². The lowest BCUT2D eigenvalue weighted by Gasteiger charge is -2.29. The minimum atomic E-state index is -1.09. The summed E-state index contributed by atoms with van der Waals surface area (Å²) >= 11 is 4.26. The summed E-state index contributed by atoms with van der Waals surface area (Å²) in [6.45, 7) is 3.45. The Morgan fingerprint density at radius 1 is 1.33 bits per heavy atom. The highest BCUT2D eigenvalue weighted by Crippen LogP contribution is 2.43. The normalized spacial score (nSPS) is 22.7. The van der Waals surface area contributed by atoms with Crippen molar-refractivity contribution in [3.8, 4) is 0 Å². The van der Waals surface area contributed by atoms with Gasteiger partial charge in [0.25, 0.3) is 5.91 Å². The summed E-state index contributed by atoms with van der Waals surface area (Å²) in [5.74, 6) is -0.861. The lowest BCUT2D eigenvalue weighted by Crippen LogP contribution is -2.49. The van der Waals surface area contributed by atoms with Gasteiger partial charge in [-0.1, -0.05) is 26.7 Å². The minimum Gasteiger partial charge on any atom is -0.480 e. The van der Waals surface area contributed by atoms with E-state index in [2.05, 4.69) is 12.6 Å². The minimum absolute atomic E-state index is 0.0821. The maximum atomic E-state index is 12.9. The summed E-state index contributed by atoms with van der Waals surface area (Å²) in [4.78, 5) is 39.1. The fraction of sp³-hybridized carbons (Fsp3) is 0.786. The Morgan fingerprint density at radius 2 is 1.90 bits per heavy atom.